The molecule has 4 nitrogen and oxygen atoms in total. The molecule has 2 heterocycles. The van der Waals surface area contributed by atoms with Gasteiger partial charge in [-0.15, -0.1) is 11.3 Å². The highest BCUT2D eigenvalue weighted by Gasteiger charge is 2.08. The fourth-order valence-corrected chi connectivity index (χ4v) is 2.84. The molecule has 0 unspecified atom stereocenters. The third-order valence-electron chi connectivity index (χ3n) is 3.11. The zero-order valence-electron chi connectivity index (χ0n) is 11.6. The van der Waals surface area contributed by atoms with Gasteiger partial charge in [0, 0.05) is 35.3 Å². The lowest BCUT2D eigenvalue weighted by atomic mass is 10.1. The van der Waals surface area contributed by atoms with E-state index < -0.39 is 0 Å². The first-order valence-electron chi connectivity index (χ1n) is 6.62. The van der Waals surface area contributed by atoms with Crippen molar-refractivity contribution in [2.45, 2.75) is 20.0 Å². The largest absolute Gasteiger partial charge is 0.306 e. The van der Waals surface area contributed by atoms with Gasteiger partial charge in [-0.25, -0.2) is 9.37 Å². The minimum absolute atomic E-state index is 0.239. The van der Waals surface area contributed by atoms with E-state index >= 15 is 0 Å². The van der Waals surface area contributed by atoms with Gasteiger partial charge in [-0.1, -0.05) is 0 Å². The van der Waals surface area contributed by atoms with Crippen LogP contribution in [0.15, 0.2) is 35.8 Å². The molecule has 0 aliphatic rings. The fraction of sp³-hybridized carbons (Fsp3) is 0.200. The average molecular weight is 302 g/mol. The molecule has 3 rings (SSSR count). The minimum Gasteiger partial charge on any atom is -0.306 e. The van der Waals surface area contributed by atoms with Crippen molar-refractivity contribution in [3.63, 3.8) is 0 Å². The van der Waals surface area contributed by atoms with Crippen LogP contribution >= 0.6 is 11.3 Å². The van der Waals surface area contributed by atoms with Gasteiger partial charge < -0.3 is 5.32 Å². The first-order valence-corrected chi connectivity index (χ1v) is 7.50. The van der Waals surface area contributed by atoms with Crippen LogP contribution in [-0.4, -0.2) is 15.2 Å². The number of aromatic nitrogens is 3. The van der Waals surface area contributed by atoms with Crippen molar-refractivity contribution in [3.8, 4) is 11.3 Å². The number of hydrogen-bond acceptors (Lipinski definition) is 4. The summed E-state index contributed by atoms with van der Waals surface area (Å²) in [5.41, 5.74) is 3.94. The molecule has 0 saturated heterocycles. The van der Waals surface area contributed by atoms with Crippen LogP contribution in [0.2, 0.25) is 0 Å². The zero-order valence-corrected chi connectivity index (χ0v) is 12.4. The van der Waals surface area contributed by atoms with E-state index in [1.165, 1.54) is 12.1 Å². The number of H-pyrrole nitrogens is 1. The molecule has 108 valence electrons. The average Bonchev–Trinajstić information content (AvgIpc) is 3.09. The van der Waals surface area contributed by atoms with E-state index in [0.29, 0.717) is 6.54 Å². The van der Waals surface area contributed by atoms with E-state index in [4.69, 9.17) is 0 Å². The van der Waals surface area contributed by atoms with Gasteiger partial charge >= 0.3 is 0 Å². The second kappa shape index (κ2) is 6.15. The highest BCUT2D eigenvalue weighted by atomic mass is 32.1. The van der Waals surface area contributed by atoms with Crippen molar-refractivity contribution < 1.29 is 4.39 Å². The summed E-state index contributed by atoms with van der Waals surface area (Å²) in [6.45, 7) is 3.40. The molecule has 3 aromatic rings. The summed E-state index contributed by atoms with van der Waals surface area (Å²) in [4.78, 5) is 4.41. The Bertz CT molecular complexity index is 717. The Kier molecular flexibility index (Phi) is 4.08. The van der Waals surface area contributed by atoms with E-state index in [2.05, 4.69) is 20.5 Å². The van der Waals surface area contributed by atoms with E-state index in [1.807, 2.05) is 12.3 Å². The third kappa shape index (κ3) is 3.34. The highest BCUT2D eigenvalue weighted by Crippen LogP contribution is 2.21. The Labute approximate surface area is 126 Å². The Morgan fingerprint density at radius 2 is 2.05 bits per heavy atom. The first kappa shape index (κ1) is 13.9. The zero-order chi connectivity index (χ0) is 14.7. The second-order valence-electron chi connectivity index (χ2n) is 4.76. The summed E-state index contributed by atoms with van der Waals surface area (Å²) < 4.78 is 13.0. The number of halogens is 1. The molecule has 0 bridgehead atoms. The van der Waals surface area contributed by atoms with Crippen molar-refractivity contribution in [1.29, 1.82) is 0 Å². The molecule has 0 aliphatic heterocycles. The second-order valence-corrected chi connectivity index (χ2v) is 5.71. The molecule has 2 aromatic heterocycles. The quantitative estimate of drug-likeness (QED) is 0.760. The van der Waals surface area contributed by atoms with Gasteiger partial charge in [0.25, 0.3) is 0 Å². The van der Waals surface area contributed by atoms with Gasteiger partial charge in [-0.3, -0.25) is 5.10 Å². The van der Waals surface area contributed by atoms with Crippen LogP contribution in [0.5, 0.6) is 0 Å². The van der Waals surface area contributed by atoms with Crippen molar-refractivity contribution in [2.24, 2.45) is 0 Å². The summed E-state index contributed by atoms with van der Waals surface area (Å²) in [5, 5.41) is 13.5. The van der Waals surface area contributed by atoms with Crippen molar-refractivity contribution in [3.05, 3.63) is 57.9 Å². The predicted molar refractivity (Wildman–Crippen MR) is 81.4 cm³/mol. The Morgan fingerprint density at radius 3 is 2.76 bits per heavy atom. The lowest BCUT2D eigenvalue weighted by Gasteiger charge is -2.04. The van der Waals surface area contributed by atoms with Gasteiger partial charge in [0.1, 0.15) is 10.8 Å². The van der Waals surface area contributed by atoms with Gasteiger partial charge in [0.2, 0.25) is 0 Å². The van der Waals surface area contributed by atoms with E-state index in [1.54, 1.807) is 29.7 Å². The molecule has 0 spiro atoms. The molecular formula is C15H15FN4S. The number of aryl methyl sites for hydroxylation is 1. The Balaban J connectivity index is 1.66. The SMILES string of the molecule is Cc1csc(CNCc2cn[nH]c2-c2ccc(F)cc2)n1. The maximum atomic E-state index is 13.0. The number of benzene rings is 1. The standard InChI is InChI=1S/C15H15FN4S/c1-10-9-21-14(19-10)8-17-6-12-7-18-20-15(12)11-2-4-13(16)5-3-11/h2-5,7,9,17H,6,8H2,1H3,(H,18,20). The van der Waals surface area contributed by atoms with Gasteiger partial charge in [0.05, 0.1) is 11.9 Å². The molecule has 0 fully saturated rings. The number of thiazole rings is 1. The summed E-state index contributed by atoms with van der Waals surface area (Å²) in [6.07, 6.45) is 1.79. The maximum absolute atomic E-state index is 13.0. The lowest BCUT2D eigenvalue weighted by molar-refractivity contribution is 0.628. The molecule has 6 heteroatoms. The van der Waals surface area contributed by atoms with Crippen LogP contribution in [0.1, 0.15) is 16.3 Å². The first-order chi connectivity index (χ1) is 10.2. The molecule has 0 radical (unpaired) electrons. The molecule has 0 saturated carbocycles. The van der Waals surface area contributed by atoms with E-state index in [-0.39, 0.29) is 5.82 Å². The monoisotopic (exact) mass is 302 g/mol. The lowest BCUT2D eigenvalue weighted by Crippen LogP contribution is -2.12. The number of nitrogens with one attached hydrogen (secondary N) is 2. The molecular weight excluding hydrogens is 287 g/mol. The topological polar surface area (TPSA) is 53.6 Å². The van der Waals surface area contributed by atoms with Crippen LogP contribution in [0.4, 0.5) is 4.39 Å². The number of hydrogen-bond donors (Lipinski definition) is 2. The van der Waals surface area contributed by atoms with Gasteiger partial charge in [0.15, 0.2) is 0 Å². The molecule has 0 amide bonds. The molecule has 21 heavy (non-hydrogen) atoms. The van der Waals surface area contributed by atoms with E-state index in [9.17, 15) is 4.39 Å². The van der Waals surface area contributed by atoms with Crippen LogP contribution in [-0.2, 0) is 13.1 Å². The third-order valence-corrected chi connectivity index (χ3v) is 4.08. The normalized spacial score (nSPS) is 11.0. The van der Waals surface area contributed by atoms with Crippen LogP contribution in [0, 0.1) is 12.7 Å². The summed E-state index contributed by atoms with van der Waals surface area (Å²) in [6, 6.07) is 6.39. The number of aromatic amines is 1. The predicted octanol–water partition coefficient (Wildman–Crippen LogP) is 3.27. The summed E-state index contributed by atoms with van der Waals surface area (Å²) in [5.74, 6) is -0.239. The van der Waals surface area contributed by atoms with Crippen molar-refractivity contribution in [1.82, 2.24) is 20.5 Å². The maximum Gasteiger partial charge on any atom is 0.123 e. The molecule has 1 aromatic carbocycles. The summed E-state index contributed by atoms with van der Waals surface area (Å²) >= 11 is 1.65. The highest BCUT2D eigenvalue weighted by molar-refractivity contribution is 7.09. The minimum atomic E-state index is -0.239. The van der Waals surface area contributed by atoms with Gasteiger partial charge in [-0.2, -0.15) is 5.10 Å². The number of rotatable bonds is 5. The molecule has 0 atom stereocenters. The van der Waals surface area contributed by atoms with E-state index in [0.717, 1.165) is 34.1 Å². The Morgan fingerprint density at radius 1 is 1.24 bits per heavy atom. The summed E-state index contributed by atoms with van der Waals surface area (Å²) in [7, 11) is 0. The van der Waals surface area contributed by atoms with Crippen molar-refractivity contribution in [2.75, 3.05) is 0 Å². The van der Waals surface area contributed by atoms with Gasteiger partial charge in [-0.05, 0) is 31.2 Å². The van der Waals surface area contributed by atoms with Crippen LogP contribution in [0.3, 0.4) is 0 Å². The fourth-order valence-electron chi connectivity index (χ4n) is 2.10. The van der Waals surface area contributed by atoms with Crippen LogP contribution in [0.25, 0.3) is 11.3 Å². The smallest absolute Gasteiger partial charge is 0.123 e. The molecule has 2 N–H and O–H groups in total. The number of nitrogens with zero attached hydrogens (tertiary/aromatic N) is 2. The molecule has 0 aliphatic carbocycles. The van der Waals surface area contributed by atoms with Crippen LogP contribution < -0.4 is 5.32 Å². The van der Waals surface area contributed by atoms with Crippen molar-refractivity contribution >= 4 is 11.3 Å². The Hall–Kier alpha value is -2.05.